The van der Waals surface area contributed by atoms with E-state index >= 15 is 0 Å². The second-order valence-corrected chi connectivity index (χ2v) is 7.40. The Morgan fingerprint density at radius 2 is 1.89 bits per heavy atom. The first kappa shape index (κ1) is 22.7. The highest BCUT2D eigenvalue weighted by Crippen LogP contribution is 2.35. The number of hydrogen-bond donors (Lipinski definition) is 1. The molecule has 0 saturated carbocycles. The Labute approximate surface area is 186 Å². The maximum absolute atomic E-state index is 5.65. The molecule has 1 aliphatic heterocycles. The quantitative estimate of drug-likeness (QED) is 0.376. The molecule has 3 rings (SSSR count). The number of halogens is 1. The number of nitrogens with one attached hydrogen (secondary N) is 1. The van der Waals surface area contributed by atoms with Crippen LogP contribution in [0.4, 0.5) is 0 Å². The lowest BCUT2D eigenvalue weighted by Gasteiger charge is -2.37. The van der Waals surface area contributed by atoms with Crippen LogP contribution in [0.1, 0.15) is 31.0 Å². The number of ether oxygens (including phenoxy) is 1. The standard InChI is InChI=1S/C22H32N4O.HI/c1-4-23-21(26(3)17-20-11-8-14-25(20)2)24-18-22(12-15-27-16-13-22)19-9-6-5-7-10-19;/h5-11,14H,4,12-13,15-18H2,1-3H3,(H,23,24);1H. The molecule has 6 heteroatoms. The summed E-state index contributed by atoms with van der Waals surface area (Å²) in [6, 6.07) is 15.1. The third kappa shape index (κ3) is 5.50. The van der Waals surface area contributed by atoms with Crippen molar-refractivity contribution in [3.05, 3.63) is 59.9 Å². The van der Waals surface area contributed by atoms with E-state index in [0.29, 0.717) is 0 Å². The zero-order valence-corrected chi connectivity index (χ0v) is 19.6. The summed E-state index contributed by atoms with van der Waals surface area (Å²) in [5.74, 6) is 0.959. The molecule has 0 amide bonds. The van der Waals surface area contributed by atoms with E-state index in [1.807, 2.05) is 0 Å². The summed E-state index contributed by atoms with van der Waals surface area (Å²) in [5.41, 5.74) is 2.70. The SMILES string of the molecule is CCNC(=NCC1(c2ccccc2)CCOCC1)N(C)Cc1cccn1C.I. The summed E-state index contributed by atoms with van der Waals surface area (Å²) in [6.07, 6.45) is 4.11. The summed E-state index contributed by atoms with van der Waals surface area (Å²) in [4.78, 5) is 7.27. The van der Waals surface area contributed by atoms with Gasteiger partial charge in [0.2, 0.25) is 0 Å². The monoisotopic (exact) mass is 496 g/mol. The molecular weight excluding hydrogens is 463 g/mol. The van der Waals surface area contributed by atoms with Gasteiger partial charge in [0.05, 0.1) is 13.1 Å². The second-order valence-electron chi connectivity index (χ2n) is 7.40. The molecule has 1 fully saturated rings. The van der Waals surface area contributed by atoms with Crippen molar-refractivity contribution in [2.75, 3.05) is 33.4 Å². The minimum Gasteiger partial charge on any atom is -0.381 e. The van der Waals surface area contributed by atoms with Crippen molar-refractivity contribution >= 4 is 29.9 Å². The van der Waals surface area contributed by atoms with Crippen LogP contribution in [0.25, 0.3) is 0 Å². The molecule has 0 radical (unpaired) electrons. The molecule has 1 aliphatic rings. The van der Waals surface area contributed by atoms with Gasteiger partial charge in [-0.05, 0) is 37.5 Å². The van der Waals surface area contributed by atoms with Crippen LogP contribution in [0.3, 0.4) is 0 Å². The highest BCUT2D eigenvalue weighted by atomic mass is 127. The molecule has 2 heterocycles. The molecule has 28 heavy (non-hydrogen) atoms. The fourth-order valence-electron chi connectivity index (χ4n) is 3.77. The van der Waals surface area contributed by atoms with Crippen molar-refractivity contribution in [2.24, 2.45) is 12.0 Å². The van der Waals surface area contributed by atoms with E-state index in [1.165, 1.54) is 11.3 Å². The van der Waals surface area contributed by atoms with Crippen LogP contribution in [0.15, 0.2) is 53.7 Å². The molecule has 1 aromatic carbocycles. The van der Waals surface area contributed by atoms with Gasteiger partial charge in [-0.2, -0.15) is 0 Å². The highest BCUT2D eigenvalue weighted by molar-refractivity contribution is 14.0. The van der Waals surface area contributed by atoms with Crippen molar-refractivity contribution in [1.29, 1.82) is 0 Å². The molecule has 154 valence electrons. The third-order valence-electron chi connectivity index (χ3n) is 5.51. The summed E-state index contributed by atoms with van der Waals surface area (Å²) in [6.45, 7) is 6.20. The van der Waals surface area contributed by atoms with Crippen molar-refractivity contribution in [3.8, 4) is 0 Å². The molecular formula is C22H33IN4O. The van der Waals surface area contributed by atoms with Crippen molar-refractivity contribution < 1.29 is 4.74 Å². The Kier molecular flexibility index (Phi) is 8.82. The zero-order chi connectivity index (χ0) is 19.1. The summed E-state index contributed by atoms with van der Waals surface area (Å²) < 4.78 is 7.81. The summed E-state index contributed by atoms with van der Waals surface area (Å²) in [5, 5.41) is 3.46. The topological polar surface area (TPSA) is 41.8 Å². The molecule has 0 unspecified atom stereocenters. The Balaban J connectivity index is 0.00000280. The van der Waals surface area contributed by atoms with Crippen molar-refractivity contribution in [1.82, 2.24) is 14.8 Å². The molecule has 0 spiro atoms. The molecule has 1 saturated heterocycles. The van der Waals surface area contributed by atoms with E-state index in [-0.39, 0.29) is 29.4 Å². The number of rotatable bonds is 6. The maximum atomic E-state index is 5.65. The van der Waals surface area contributed by atoms with Crippen molar-refractivity contribution in [2.45, 2.75) is 31.7 Å². The predicted octanol–water partition coefficient (Wildman–Crippen LogP) is 3.79. The third-order valence-corrected chi connectivity index (χ3v) is 5.51. The van der Waals surface area contributed by atoms with E-state index < -0.39 is 0 Å². The number of aryl methyl sites for hydroxylation is 1. The van der Waals surface area contributed by atoms with E-state index in [4.69, 9.17) is 9.73 Å². The van der Waals surface area contributed by atoms with Crippen molar-refractivity contribution in [3.63, 3.8) is 0 Å². The van der Waals surface area contributed by atoms with Gasteiger partial charge in [0.15, 0.2) is 5.96 Å². The second kappa shape index (κ2) is 10.9. The Bertz CT molecular complexity index is 738. The molecule has 1 N–H and O–H groups in total. The van der Waals surface area contributed by atoms with Gasteiger partial charge in [-0.1, -0.05) is 30.3 Å². The van der Waals surface area contributed by atoms with E-state index in [2.05, 4.69) is 84.5 Å². The van der Waals surface area contributed by atoms with E-state index in [9.17, 15) is 0 Å². The minimum atomic E-state index is 0. The van der Waals surface area contributed by atoms with Crippen LogP contribution < -0.4 is 5.32 Å². The number of benzene rings is 1. The van der Waals surface area contributed by atoms with Crippen LogP contribution in [0, 0.1) is 0 Å². The molecule has 0 bridgehead atoms. The van der Waals surface area contributed by atoms with Gasteiger partial charge in [0.25, 0.3) is 0 Å². The highest BCUT2D eigenvalue weighted by Gasteiger charge is 2.34. The average Bonchev–Trinajstić information content (AvgIpc) is 3.11. The van der Waals surface area contributed by atoms with Crippen LogP contribution in [0.2, 0.25) is 0 Å². The number of aromatic nitrogens is 1. The Morgan fingerprint density at radius 1 is 1.18 bits per heavy atom. The van der Waals surface area contributed by atoms with Gasteiger partial charge in [-0.25, -0.2) is 0 Å². The molecule has 0 aliphatic carbocycles. The molecule has 2 aromatic rings. The van der Waals surface area contributed by atoms with Crippen LogP contribution in [-0.2, 0) is 23.7 Å². The van der Waals surface area contributed by atoms with Crippen LogP contribution in [0.5, 0.6) is 0 Å². The van der Waals surface area contributed by atoms with Gasteiger partial charge in [-0.15, -0.1) is 24.0 Å². The first-order valence-electron chi connectivity index (χ1n) is 9.87. The molecule has 5 nitrogen and oxygen atoms in total. The fourth-order valence-corrected chi connectivity index (χ4v) is 3.77. The van der Waals surface area contributed by atoms with Gasteiger partial charge >= 0.3 is 0 Å². The Morgan fingerprint density at radius 3 is 2.50 bits per heavy atom. The summed E-state index contributed by atoms with van der Waals surface area (Å²) >= 11 is 0. The van der Waals surface area contributed by atoms with Gasteiger partial charge in [0, 0.05) is 51.2 Å². The number of guanidine groups is 1. The lowest BCUT2D eigenvalue weighted by atomic mass is 9.74. The van der Waals surface area contributed by atoms with Gasteiger partial charge in [0.1, 0.15) is 0 Å². The van der Waals surface area contributed by atoms with E-state index in [0.717, 1.165) is 51.6 Å². The first-order chi connectivity index (χ1) is 13.1. The Hall–Kier alpha value is -1.54. The number of nitrogens with zero attached hydrogens (tertiary/aromatic N) is 3. The largest absolute Gasteiger partial charge is 0.381 e. The van der Waals surface area contributed by atoms with Crippen LogP contribution >= 0.6 is 24.0 Å². The summed E-state index contributed by atoms with van der Waals surface area (Å²) in [7, 11) is 4.19. The van der Waals surface area contributed by atoms with Crippen LogP contribution in [-0.4, -0.2) is 48.8 Å². The fraction of sp³-hybridized carbons (Fsp3) is 0.500. The van der Waals surface area contributed by atoms with E-state index in [1.54, 1.807) is 0 Å². The normalized spacial score (nSPS) is 16.3. The molecule has 1 aromatic heterocycles. The number of aliphatic imine (C=N–C) groups is 1. The molecule has 0 atom stereocenters. The number of hydrogen-bond acceptors (Lipinski definition) is 2. The average molecular weight is 496 g/mol. The zero-order valence-electron chi connectivity index (χ0n) is 17.2. The lowest BCUT2D eigenvalue weighted by Crippen LogP contribution is -2.42. The minimum absolute atomic E-state index is 0. The maximum Gasteiger partial charge on any atom is 0.194 e. The van der Waals surface area contributed by atoms with Gasteiger partial charge in [-0.3, -0.25) is 4.99 Å². The van der Waals surface area contributed by atoms with Gasteiger partial charge < -0.3 is 19.5 Å². The first-order valence-corrected chi connectivity index (χ1v) is 9.87. The smallest absolute Gasteiger partial charge is 0.194 e. The lowest BCUT2D eigenvalue weighted by molar-refractivity contribution is 0.0530. The predicted molar refractivity (Wildman–Crippen MR) is 126 cm³/mol.